The molecule has 0 heterocycles. The fraction of sp³-hybridized carbons (Fsp3) is 0. The van der Waals surface area contributed by atoms with E-state index in [1.54, 1.807) is 0 Å². The smallest absolute Gasteiger partial charge is 0.0540 e. The van der Waals surface area contributed by atoms with Crippen molar-refractivity contribution >= 4 is 27.8 Å². The maximum atomic E-state index is 2.41. The minimum absolute atomic E-state index is 1.09. The lowest BCUT2D eigenvalue weighted by Gasteiger charge is -2.29. The summed E-state index contributed by atoms with van der Waals surface area (Å²) < 4.78 is 0. The maximum Gasteiger partial charge on any atom is 0.0540 e. The molecule has 0 bridgehead atoms. The average Bonchev–Trinajstić information content (AvgIpc) is 3.33. The molecule has 0 unspecified atom stereocenters. The van der Waals surface area contributed by atoms with Crippen LogP contribution in [0.5, 0.6) is 0 Å². The molecule has 0 amide bonds. The number of para-hydroxylation sites is 1. The number of rotatable bonds is 9. The van der Waals surface area contributed by atoms with E-state index in [4.69, 9.17) is 0 Å². The summed E-state index contributed by atoms with van der Waals surface area (Å²) in [7, 11) is 0. The van der Waals surface area contributed by atoms with Crippen LogP contribution in [0.2, 0.25) is 0 Å². The van der Waals surface area contributed by atoms with Crippen LogP contribution >= 0.6 is 0 Å². The number of benzene rings is 10. The van der Waals surface area contributed by atoms with Crippen LogP contribution in [0.1, 0.15) is 0 Å². The molecule has 0 aromatic heterocycles. The Morgan fingerprint density at radius 3 is 1.12 bits per heavy atom. The third-order valence-electron chi connectivity index (χ3n) is 11.3. The van der Waals surface area contributed by atoms with Crippen molar-refractivity contribution in [2.45, 2.75) is 0 Å². The third kappa shape index (κ3) is 7.23. The number of hydrogen-bond donors (Lipinski definition) is 0. The molecule has 0 spiro atoms. The van der Waals surface area contributed by atoms with E-state index in [2.05, 4.69) is 254 Å². The van der Waals surface area contributed by atoms with Crippen LogP contribution in [-0.4, -0.2) is 0 Å². The molecule has 0 N–H and O–H groups in total. The van der Waals surface area contributed by atoms with Gasteiger partial charge in [-0.2, -0.15) is 0 Å². The van der Waals surface area contributed by atoms with Crippen LogP contribution in [0, 0.1) is 0 Å². The highest BCUT2D eigenvalue weighted by molar-refractivity contribution is 5.98. The molecule has 59 heavy (non-hydrogen) atoms. The van der Waals surface area contributed by atoms with Crippen molar-refractivity contribution in [3.05, 3.63) is 249 Å². The van der Waals surface area contributed by atoms with E-state index >= 15 is 0 Å². The van der Waals surface area contributed by atoms with E-state index in [1.807, 2.05) is 0 Å². The zero-order chi connectivity index (χ0) is 39.4. The molecule has 1 heteroatoms. The largest absolute Gasteiger partial charge is 0.310 e. The van der Waals surface area contributed by atoms with Gasteiger partial charge in [0.1, 0.15) is 0 Å². The second-order valence-corrected chi connectivity index (χ2v) is 14.9. The van der Waals surface area contributed by atoms with Crippen molar-refractivity contribution < 1.29 is 0 Å². The molecule has 0 radical (unpaired) electrons. The Morgan fingerprint density at radius 1 is 0.203 bits per heavy atom. The van der Waals surface area contributed by atoms with Gasteiger partial charge in [-0.05, 0) is 127 Å². The van der Waals surface area contributed by atoms with E-state index in [0.717, 1.165) is 33.8 Å². The molecule has 0 fully saturated rings. The van der Waals surface area contributed by atoms with Gasteiger partial charge in [0, 0.05) is 16.9 Å². The van der Waals surface area contributed by atoms with E-state index < -0.39 is 0 Å². The first-order chi connectivity index (χ1) is 29.3. The molecule has 10 aromatic carbocycles. The van der Waals surface area contributed by atoms with Gasteiger partial charge in [-0.1, -0.05) is 194 Å². The maximum absolute atomic E-state index is 2.41. The van der Waals surface area contributed by atoms with Gasteiger partial charge in [0.2, 0.25) is 0 Å². The monoisotopic (exact) mass is 751 g/mol. The Morgan fingerprint density at radius 2 is 0.593 bits per heavy atom. The fourth-order valence-corrected chi connectivity index (χ4v) is 8.33. The quantitative estimate of drug-likeness (QED) is 0.142. The Hall–Kier alpha value is -7.74. The van der Waals surface area contributed by atoms with Gasteiger partial charge in [-0.3, -0.25) is 0 Å². The Bertz CT molecular complexity index is 2990. The van der Waals surface area contributed by atoms with Gasteiger partial charge in [0.05, 0.1) is 5.69 Å². The summed E-state index contributed by atoms with van der Waals surface area (Å²) in [5.41, 5.74) is 17.5. The zero-order valence-corrected chi connectivity index (χ0v) is 32.6. The number of anilines is 3. The molecule has 0 aliphatic heterocycles. The Labute approximate surface area is 346 Å². The molecule has 0 saturated heterocycles. The highest BCUT2D eigenvalue weighted by Crippen LogP contribution is 2.46. The number of nitrogens with zero attached hydrogens (tertiary/aromatic N) is 1. The lowest BCUT2D eigenvalue weighted by Crippen LogP contribution is -2.11. The van der Waals surface area contributed by atoms with Crippen LogP contribution < -0.4 is 4.90 Å². The summed E-state index contributed by atoms with van der Waals surface area (Å²) >= 11 is 0. The van der Waals surface area contributed by atoms with Gasteiger partial charge in [0.15, 0.2) is 0 Å². The molecule has 0 saturated carbocycles. The van der Waals surface area contributed by atoms with Crippen LogP contribution in [0.15, 0.2) is 249 Å². The van der Waals surface area contributed by atoms with Gasteiger partial charge >= 0.3 is 0 Å². The SMILES string of the molecule is c1ccc(-c2cc(-c3ccccc3)c(-c3ccc(N(c4ccccc4)c4ccc(-c5ccc6ccccc6c5)cc4)c(-c4ccccc4)c3)cc2-c2ccccc2)cc1. The minimum Gasteiger partial charge on any atom is -0.310 e. The van der Waals surface area contributed by atoms with Gasteiger partial charge < -0.3 is 4.90 Å². The second kappa shape index (κ2) is 16.0. The first-order valence-corrected chi connectivity index (χ1v) is 20.3. The van der Waals surface area contributed by atoms with E-state index in [9.17, 15) is 0 Å². The standard InChI is InChI=1S/C58H41N/c1-6-19-44(20-7-1)53-40-55(46-23-10-3-11-24-46)56(41-54(53)45-21-8-2-9-22-45)50-34-37-58(57(39-50)47-25-12-4-13-26-47)59(51-28-14-5-15-29-51)52-35-32-43(33-36-52)49-31-30-42-18-16-17-27-48(42)38-49/h1-41H. The minimum atomic E-state index is 1.09. The van der Waals surface area contributed by atoms with Crippen molar-refractivity contribution in [1.29, 1.82) is 0 Å². The number of fused-ring (bicyclic) bond motifs is 1. The third-order valence-corrected chi connectivity index (χ3v) is 11.3. The highest BCUT2D eigenvalue weighted by Gasteiger charge is 2.21. The molecule has 10 aromatic rings. The lowest BCUT2D eigenvalue weighted by atomic mass is 9.85. The first kappa shape index (κ1) is 35.7. The predicted octanol–water partition coefficient (Wildman–Crippen LogP) is 16.3. The molecule has 0 aliphatic rings. The van der Waals surface area contributed by atoms with Crippen molar-refractivity contribution in [3.63, 3.8) is 0 Å². The van der Waals surface area contributed by atoms with Crippen LogP contribution in [0.4, 0.5) is 17.1 Å². The molecule has 278 valence electrons. The molecular formula is C58H41N. The lowest BCUT2D eigenvalue weighted by molar-refractivity contribution is 1.28. The molecule has 0 aliphatic carbocycles. The zero-order valence-electron chi connectivity index (χ0n) is 32.6. The van der Waals surface area contributed by atoms with Crippen molar-refractivity contribution in [2.24, 2.45) is 0 Å². The van der Waals surface area contributed by atoms with E-state index in [-0.39, 0.29) is 0 Å². The van der Waals surface area contributed by atoms with Gasteiger partial charge in [0.25, 0.3) is 0 Å². The van der Waals surface area contributed by atoms with Crippen LogP contribution in [-0.2, 0) is 0 Å². The summed E-state index contributed by atoms with van der Waals surface area (Å²) in [4.78, 5) is 2.39. The second-order valence-electron chi connectivity index (χ2n) is 14.9. The summed E-state index contributed by atoms with van der Waals surface area (Å²) in [6.45, 7) is 0. The Kier molecular flexibility index (Phi) is 9.68. The average molecular weight is 752 g/mol. The molecule has 1 nitrogen and oxygen atoms in total. The van der Waals surface area contributed by atoms with Crippen LogP contribution in [0.25, 0.3) is 77.5 Å². The molecule has 0 atom stereocenters. The molecular weight excluding hydrogens is 711 g/mol. The predicted molar refractivity (Wildman–Crippen MR) is 251 cm³/mol. The summed E-state index contributed by atoms with van der Waals surface area (Å²) in [6, 6.07) is 89.9. The summed E-state index contributed by atoms with van der Waals surface area (Å²) in [6.07, 6.45) is 0. The topological polar surface area (TPSA) is 3.24 Å². The Balaban J connectivity index is 1.17. The summed E-state index contributed by atoms with van der Waals surface area (Å²) in [5.74, 6) is 0. The van der Waals surface area contributed by atoms with Crippen molar-refractivity contribution in [2.75, 3.05) is 4.90 Å². The van der Waals surface area contributed by atoms with E-state index in [1.165, 1.54) is 60.8 Å². The fourth-order valence-electron chi connectivity index (χ4n) is 8.33. The highest BCUT2D eigenvalue weighted by atomic mass is 15.1. The molecule has 10 rings (SSSR count). The number of hydrogen-bond acceptors (Lipinski definition) is 1. The van der Waals surface area contributed by atoms with Crippen molar-refractivity contribution in [1.82, 2.24) is 0 Å². The van der Waals surface area contributed by atoms with Crippen molar-refractivity contribution in [3.8, 4) is 66.8 Å². The normalized spacial score (nSPS) is 11.1. The first-order valence-electron chi connectivity index (χ1n) is 20.3. The summed E-state index contributed by atoms with van der Waals surface area (Å²) in [5, 5.41) is 2.49. The van der Waals surface area contributed by atoms with E-state index in [0.29, 0.717) is 0 Å². The van der Waals surface area contributed by atoms with Gasteiger partial charge in [-0.25, -0.2) is 0 Å². The van der Waals surface area contributed by atoms with Gasteiger partial charge in [-0.15, -0.1) is 0 Å². The van der Waals surface area contributed by atoms with Crippen LogP contribution in [0.3, 0.4) is 0 Å².